The first-order valence-electron chi connectivity index (χ1n) is 9.15. The molecule has 3 aromatic rings. The molecule has 1 atom stereocenters. The van der Waals surface area contributed by atoms with Crippen LogP contribution in [0.2, 0.25) is 0 Å². The minimum atomic E-state index is -2.67. The van der Waals surface area contributed by atoms with Gasteiger partial charge in [-0.15, -0.1) is 0 Å². The van der Waals surface area contributed by atoms with Crippen LogP contribution in [-0.4, -0.2) is 17.2 Å². The number of aryl methyl sites for hydroxylation is 3. The molecule has 0 aliphatic carbocycles. The van der Waals surface area contributed by atoms with Gasteiger partial charge in [-0.05, 0) is 62.1 Å². The molecule has 0 saturated heterocycles. The Hall–Kier alpha value is -1.23. The summed E-state index contributed by atoms with van der Waals surface area (Å²) >= 11 is 6.74. The van der Waals surface area contributed by atoms with Crippen LogP contribution in [0.3, 0.4) is 0 Å². The number of halogens is 1. The molecule has 0 amide bonds. The van der Waals surface area contributed by atoms with Gasteiger partial charge in [-0.2, -0.15) is 0 Å². The van der Waals surface area contributed by atoms with Gasteiger partial charge in [0.05, 0.1) is 0 Å². The van der Waals surface area contributed by atoms with E-state index in [0.29, 0.717) is 6.16 Å². The van der Waals surface area contributed by atoms with Crippen molar-refractivity contribution in [3.8, 4) is 0 Å². The highest BCUT2D eigenvalue weighted by atomic mass is 35.7. The maximum Gasteiger partial charge on any atom is 0.272 e. The van der Waals surface area contributed by atoms with Crippen LogP contribution < -0.4 is 15.9 Å². The topological polar surface area (TPSA) is 20.2 Å². The smallest absolute Gasteiger partial charge is 0.227 e. The van der Waals surface area contributed by atoms with Gasteiger partial charge >= 0.3 is 0 Å². The molecule has 3 rings (SSSR count). The molecule has 140 valence electrons. The highest BCUT2D eigenvalue weighted by Crippen LogP contribution is 2.60. The molecule has 0 aliphatic heterocycles. The Labute approximate surface area is 169 Å². The van der Waals surface area contributed by atoms with Gasteiger partial charge in [-0.25, -0.2) is 4.89 Å². The Bertz CT molecular complexity index is 878. The van der Waals surface area contributed by atoms with Gasteiger partial charge in [0.2, 0.25) is 0 Å². The van der Waals surface area contributed by atoms with E-state index in [-0.39, 0.29) is 0 Å². The molecule has 0 saturated carbocycles. The summed E-state index contributed by atoms with van der Waals surface area (Å²) in [5, 5.41) is 3.67. The number of hydrogen-bond donors (Lipinski definition) is 1. The normalized spacial score (nSPS) is 13.6. The maximum absolute atomic E-state index is 11.1. The fourth-order valence-electron chi connectivity index (χ4n) is 3.40. The Balaban J connectivity index is 1.94. The third kappa shape index (κ3) is 4.79. The molecule has 3 aromatic carbocycles. The van der Waals surface area contributed by atoms with E-state index in [2.05, 4.69) is 62.4 Å². The first-order chi connectivity index (χ1) is 12.9. The quantitative estimate of drug-likeness (QED) is 0.531. The van der Waals surface area contributed by atoms with Gasteiger partial charge in [0.1, 0.15) is 22.7 Å². The van der Waals surface area contributed by atoms with Gasteiger partial charge in [0.25, 0.3) is 6.84 Å². The first kappa shape index (κ1) is 20.5. The monoisotopic (exact) mass is 415 g/mol. The van der Waals surface area contributed by atoms with Crippen LogP contribution in [0.5, 0.6) is 0 Å². The van der Waals surface area contributed by atoms with E-state index in [9.17, 15) is 4.89 Å². The molecular weight excluding hydrogens is 390 g/mol. The van der Waals surface area contributed by atoms with Crippen molar-refractivity contribution in [3.63, 3.8) is 0 Å². The summed E-state index contributed by atoms with van der Waals surface area (Å²) in [5.74, 6) is 0. The minimum Gasteiger partial charge on any atom is -0.227 e. The molecule has 0 aliphatic rings. The average molecular weight is 416 g/mol. The van der Waals surface area contributed by atoms with Gasteiger partial charge in [0, 0.05) is 6.16 Å². The van der Waals surface area contributed by atoms with Crippen molar-refractivity contribution >= 4 is 41.9 Å². The summed E-state index contributed by atoms with van der Waals surface area (Å²) in [5.41, 5.74) is 3.68. The lowest BCUT2D eigenvalue weighted by Crippen LogP contribution is -2.22. The minimum absolute atomic E-state index is 0.574. The highest BCUT2D eigenvalue weighted by molar-refractivity contribution is 8.00. The Morgan fingerprint density at radius 3 is 1.67 bits per heavy atom. The SMILES string of the molecule is Cc1ccccc1P(CC[P+](O)(Cl)c1ccccc1C)c1ccccc1C. The zero-order valence-corrected chi connectivity index (χ0v) is 18.6. The second-order valence-corrected chi connectivity index (χ2v) is 13.1. The molecule has 4 heteroatoms. The third-order valence-corrected chi connectivity index (χ3v) is 11.2. The van der Waals surface area contributed by atoms with Crippen LogP contribution in [0.15, 0.2) is 72.8 Å². The number of rotatable bonds is 6. The van der Waals surface area contributed by atoms with E-state index in [1.807, 2.05) is 31.2 Å². The van der Waals surface area contributed by atoms with Crippen LogP contribution in [0.1, 0.15) is 16.7 Å². The van der Waals surface area contributed by atoms with Crippen molar-refractivity contribution in [1.82, 2.24) is 0 Å². The Morgan fingerprint density at radius 1 is 0.741 bits per heavy atom. The molecule has 0 fully saturated rings. The fourth-order valence-corrected chi connectivity index (χ4v) is 9.96. The summed E-state index contributed by atoms with van der Waals surface area (Å²) in [6, 6.07) is 25.1. The van der Waals surface area contributed by atoms with Crippen LogP contribution in [0.25, 0.3) is 0 Å². The third-order valence-electron chi connectivity index (χ3n) is 4.92. The zero-order valence-electron chi connectivity index (χ0n) is 16.1. The average Bonchev–Trinajstić information content (AvgIpc) is 2.64. The molecule has 0 heterocycles. The Kier molecular flexibility index (Phi) is 6.72. The second kappa shape index (κ2) is 8.85. The molecule has 1 N–H and O–H groups in total. The fraction of sp³-hybridized carbons (Fsp3) is 0.217. The predicted octanol–water partition coefficient (Wildman–Crippen LogP) is 5.45. The molecule has 0 aromatic heterocycles. The van der Waals surface area contributed by atoms with Crippen molar-refractivity contribution in [2.45, 2.75) is 20.8 Å². The van der Waals surface area contributed by atoms with Gasteiger partial charge < -0.3 is 0 Å². The molecule has 0 radical (unpaired) electrons. The molecule has 27 heavy (non-hydrogen) atoms. The lowest BCUT2D eigenvalue weighted by atomic mass is 10.2. The van der Waals surface area contributed by atoms with Crippen molar-refractivity contribution in [1.29, 1.82) is 0 Å². The number of benzene rings is 3. The van der Waals surface area contributed by atoms with Gasteiger partial charge in [-0.3, -0.25) is 0 Å². The van der Waals surface area contributed by atoms with Crippen molar-refractivity contribution < 1.29 is 4.89 Å². The van der Waals surface area contributed by atoms with Crippen LogP contribution in [0.4, 0.5) is 0 Å². The largest absolute Gasteiger partial charge is 0.272 e. The van der Waals surface area contributed by atoms with Gasteiger partial charge in [-0.1, -0.05) is 66.7 Å². The van der Waals surface area contributed by atoms with Crippen molar-refractivity contribution in [3.05, 3.63) is 89.5 Å². The standard InChI is InChI=1S/C23H26ClOP2/c1-18-10-4-7-13-21(18)26(22-14-8-5-11-19(22)2)16-17-27(24,25)23-15-9-6-12-20(23)3/h4-15,25H,16-17H2,1-3H3/q+1. The van der Waals surface area contributed by atoms with Crippen LogP contribution in [0, 0.1) is 20.8 Å². The van der Waals surface area contributed by atoms with Crippen LogP contribution in [-0.2, 0) is 0 Å². The predicted molar refractivity (Wildman–Crippen MR) is 124 cm³/mol. The summed E-state index contributed by atoms with van der Waals surface area (Å²) in [6.07, 6.45) is 1.50. The summed E-state index contributed by atoms with van der Waals surface area (Å²) in [7, 11) is -0.574. The maximum atomic E-state index is 11.1. The molecular formula is C23H26ClOP2+. The lowest BCUT2D eigenvalue weighted by Gasteiger charge is -2.23. The van der Waals surface area contributed by atoms with E-state index >= 15 is 0 Å². The van der Waals surface area contributed by atoms with Crippen molar-refractivity contribution in [2.75, 3.05) is 12.3 Å². The zero-order chi connectivity index (χ0) is 19.4. The number of hydrogen-bond acceptors (Lipinski definition) is 1. The molecule has 1 unspecified atom stereocenters. The van der Waals surface area contributed by atoms with E-state index < -0.39 is 14.8 Å². The summed E-state index contributed by atoms with van der Waals surface area (Å²) in [6.45, 7) is 3.70. The molecule has 0 bridgehead atoms. The van der Waals surface area contributed by atoms with Crippen LogP contribution >= 0.6 is 26.0 Å². The highest BCUT2D eigenvalue weighted by Gasteiger charge is 2.39. The van der Waals surface area contributed by atoms with Gasteiger partial charge in [0.15, 0.2) is 0 Å². The summed E-state index contributed by atoms with van der Waals surface area (Å²) < 4.78 is 0. The van der Waals surface area contributed by atoms with E-state index in [1.165, 1.54) is 21.7 Å². The molecule has 1 nitrogen and oxygen atoms in total. The van der Waals surface area contributed by atoms with E-state index in [1.54, 1.807) is 0 Å². The lowest BCUT2D eigenvalue weighted by molar-refractivity contribution is 0.629. The molecule has 0 spiro atoms. The Morgan fingerprint density at radius 2 is 1.19 bits per heavy atom. The van der Waals surface area contributed by atoms with Crippen molar-refractivity contribution in [2.24, 2.45) is 0 Å². The van der Waals surface area contributed by atoms with E-state index in [4.69, 9.17) is 11.2 Å². The van der Waals surface area contributed by atoms with E-state index in [0.717, 1.165) is 17.0 Å². The second-order valence-electron chi connectivity index (χ2n) is 6.91. The summed E-state index contributed by atoms with van der Waals surface area (Å²) in [4.78, 5) is 11.1. The first-order valence-corrected chi connectivity index (χ1v) is 13.5.